The van der Waals surface area contributed by atoms with Crippen LogP contribution in [0.25, 0.3) is 0 Å². The van der Waals surface area contributed by atoms with Crippen LogP contribution in [0.1, 0.15) is 49.4 Å². The van der Waals surface area contributed by atoms with Crippen LogP contribution in [-0.2, 0) is 4.79 Å². The van der Waals surface area contributed by atoms with Crippen molar-refractivity contribution in [3.8, 4) is 6.07 Å². The highest BCUT2D eigenvalue weighted by molar-refractivity contribution is 7.99. The summed E-state index contributed by atoms with van der Waals surface area (Å²) in [5.41, 5.74) is 2.13. The Morgan fingerprint density at radius 3 is 2.70 bits per heavy atom. The number of aromatic nitrogens is 2. The minimum atomic E-state index is 0.0951. The van der Waals surface area contributed by atoms with Crippen LogP contribution in [0.5, 0.6) is 0 Å². The maximum Gasteiger partial charge on any atom is 0.232 e. The van der Waals surface area contributed by atoms with E-state index < -0.39 is 0 Å². The Morgan fingerprint density at radius 1 is 1.35 bits per heavy atom. The van der Waals surface area contributed by atoms with Gasteiger partial charge in [-0.1, -0.05) is 31.5 Å². The van der Waals surface area contributed by atoms with Crippen molar-refractivity contribution >= 4 is 17.7 Å². The van der Waals surface area contributed by atoms with Gasteiger partial charge in [0.2, 0.25) is 5.91 Å². The summed E-state index contributed by atoms with van der Waals surface area (Å²) in [5.74, 6) is 0.947. The van der Waals surface area contributed by atoms with Gasteiger partial charge in [0, 0.05) is 13.1 Å². The van der Waals surface area contributed by atoms with E-state index in [1.807, 2.05) is 25.8 Å². The van der Waals surface area contributed by atoms with E-state index in [4.69, 9.17) is 0 Å². The molecule has 1 aromatic rings. The molecule has 0 bridgehead atoms. The molecule has 0 saturated heterocycles. The topological polar surface area (TPSA) is 69.9 Å². The summed E-state index contributed by atoms with van der Waals surface area (Å²) >= 11 is 1.31. The van der Waals surface area contributed by atoms with Crippen LogP contribution in [0.15, 0.2) is 5.03 Å². The van der Waals surface area contributed by atoms with Gasteiger partial charge < -0.3 is 4.90 Å². The Hall–Kier alpha value is -1.61. The average molecular weight is 332 g/mol. The SMILES string of the molecule is Cc1nnc(SCC(=O)N(C)[C@@H]2CCCC[C@H]2C)c(C#N)c1C. The molecule has 1 aliphatic carbocycles. The molecule has 1 aliphatic rings. The van der Waals surface area contributed by atoms with Crippen LogP contribution in [-0.4, -0.2) is 39.8 Å². The number of amides is 1. The van der Waals surface area contributed by atoms with Gasteiger partial charge in [-0.2, -0.15) is 10.4 Å². The molecule has 5 nitrogen and oxygen atoms in total. The first-order valence-corrected chi connectivity index (χ1v) is 9.06. The third-order valence-corrected chi connectivity index (χ3v) is 5.77. The van der Waals surface area contributed by atoms with E-state index in [2.05, 4.69) is 23.2 Å². The molecule has 1 fully saturated rings. The zero-order chi connectivity index (χ0) is 17.0. The molecule has 1 saturated carbocycles. The van der Waals surface area contributed by atoms with Crippen molar-refractivity contribution < 1.29 is 4.79 Å². The highest BCUT2D eigenvalue weighted by Crippen LogP contribution is 2.28. The fourth-order valence-corrected chi connectivity index (χ4v) is 4.01. The highest BCUT2D eigenvalue weighted by atomic mass is 32.2. The summed E-state index contributed by atoms with van der Waals surface area (Å²) in [7, 11) is 1.90. The molecule has 1 amide bonds. The minimum absolute atomic E-state index is 0.0951. The Balaban J connectivity index is 2.02. The number of carbonyl (C=O) groups is 1. The molecule has 0 aromatic carbocycles. The largest absolute Gasteiger partial charge is 0.342 e. The molecular formula is C17H24N4OS. The van der Waals surface area contributed by atoms with Crippen molar-refractivity contribution in [1.82, 2.24) is 15.1 Å². The lowest BCUT2D eigenvalue weighted by molar-refractivity contribution is -0.130. The van der Waals surface area contributed by atoms with Gasteiger partial charge in [-0.25, -0.2) is 0 Å². The smallest absolute Gasteiger partial charge is 0.232 e. The number of thioether (sulfide) groups is 1. The van der Waals surface area contributed by atoms with Crippen molar-refractivity contribution in [3.63, 3.8) is 0 Å². The van der Waals surface area contributed by atoms with Crippen molar-refractivity contribution in [2.24, 2.45) is 5.92 Å². The lowest BCUT2D eigenvalue weighted by Crippen LogP contribution is -2.43. The second kappa shape index (κ2) is 7.78. The van der Waals surface area contributed by atoms with Crippen LogP contribution < -0.4 is 0 Å². The molecule has 0 unspecified atom stereocenters. The quantitative estimate of drug-likeness (QED) is 0.792. The molecule has 124 valence electrons. The normalized spacial score (nSPS) is 20.8. The van der Waals surface area contributed by atoms with Gasteiger partial charge in [0.05, 0.1) is 17.0 Å². The monoisotopic (exact) mass is 332 g/mol. The van der Waals surface area contributed by atoms with E-state index in [9.17, 15) is 10.1 Å². The Kier molecular flexibility index (Phi) is 6.00. The number of hydrogen-bond acceptors (Lipinski definition) is 5. The fraction of sp³-hybridized carbons (Fsp3) is 0.647. The molecule has 2 rings (SSSR count). The minimum Gasteiger partial charge on any atom is -0.342 e. The van der Waals surface area contributed by atoms with Crippen LogP contribution in [0.4, 0.5) is 0 Å². The van der Waals surface area contributed by atoms with Gasteiger partial charge >= 0.3 is 0 Å². The number of nitrogens with zero attached hydrogens (tertiary/aromatic N) is 4. The molecule has 2 atom stereocenters. The van der Waals surface area contributed by atoms with Crippen molar-refractivity contribution in [2.45, 2.75) is 57.5 Å². The fourth-order valence-electron chi connectivity index (χ4n) is 3.11. The number of hydrogen-bond donors (Lipinski definition) is 0. The number of aryl methyl sites for hydroxylation is 1. The molecule has 1 aromatic heterocycles. The molecule has 0 aliphatic heterocycles. The van der Waals surface area contributed by atoms with E-state index in [1.54, 1.807) is 0 Å². The average Bonchev–Trinajstić information content (AvgIpc) is 2.55. The van der Waals surface area contributed by atoms with E-state index in [-0.39, 0.29) is 5.91 Å². The summed E-state index contributed by atoms with van der Waals surface area (Å²) in [4.78, 5) is 14.4. The predicted octanol–water partition coefficient (Wildman–Crippen LogP) is 3.09. The van der Waals surface area contributed by atoms with Crippen molar-refractivity contribution in [1.29, 1.82) is 5.26 Å². The van der Waals surface area contributed by atoms with Crippen molar-refractivity contribution in [2.75, 3.05) is 12.8 Å². The van der Waals surface area contributed by atoms with E-state index in [1.165, 1.54) is 31.0 Å². The first kappa shape index (κ1) is 17.7. The molecule has 6 heteroatoms. The lowest BCUT2D eigenvalue weighted by Gasteiger charge is -2.36. The van der Waals surface area contributed by atoms with E-state index >= 15 is 0 Å². The number of carbonyl (C=O) groups excluding carboxylic acids is 1. The first-order chi connectivity index (χ1) is 11.0. The number of nitriles is 1. The summed E-state index contributed by atoms with van der Waals surface area (Å²) in [6.07, 6.45) is 4.73. The van der Waals surface area contributed by atoms with Gasteiger partial charge in [-0.05, 0) is 38.2 Å². The standard InChI is InChI=1S/C17H24N4OS/c1-11-7-5-6-8-15(11)21(4)16(22)10-23-17-14(9-18)12(2)13(3)19-20-17/h11,15H,5-8,10H2,1-4H3/t11-,15-/m1/s1. The van der Waals surface area contributed by atoms with Crippen LogP contribution in [0.2, 0.25) is 0 Å². The molecule has 0 radical (unpaired) electrons. The van der Waals surface area contributed by atoms with E-state index in [0.717, 1.165) is 17.7 Å². The van der Waals surface area contributed by atoms with Gasteiger partial charge in [-0.15, -0.1) is 5.10 Å². The molecule has 0 N–H and O–H groups in total. The molecule has 0 spiro atoms. The van der Waals surface area contributed by atoms with E-state index in [0.29, 0.717) is 28.3 Å². The van der Waals surface area contributed by atoms with Crippen LogP contribution >= 0.6 is 11.8 Å². The molecule has 1 heterocycles. The van der Waals surface area contributed by atoms with Gasteiger partial charge in [0.25, 0.3) is 0 Å². The van der Waals surface area contributed by atoms with Crippen LogP contribution in [0, 0.1) is 31.1 Å². The summed E-state index contributed by atoms with van der Waals surface area (Å²) < 4.78 is 0. The third-order valence-electron chi connectivity index (χ3n) is 4.82. The summed E-state index contributed by atoms with van der Waals surface area (Å²) in [5, 5.41) is 18.0. The van der Waals surface area contributed by atoms with Gasteiger partial charge in [-0.3, -0.25) is 4.79 Å². The highest BCUT2D eigenvalue weighted by Gasteiger charge is 2.28. The zero-order valence-corrected chi connectivity index (χ0v) is 15.1. The second-order valence-electron chi connectivity index (χ2n) is 6.32. The molecular weight excluding hydrogens is 308 g/mol. The summed E-state index contributed by atoms with van der Waals surface area (Å²) in [6.45, 7) is 5.93. The Labute approximate surface area is 142 Å². The van der Waals surface area contributed by atoms with Crippen molar-refractivity contribution in [3.05, 3.63) is 16.8 Å². The van der Waals surface area contributed by atoms with Gasteiger partial charge in [0.15, 0.2) is 0 Å². The molecule has 23 heavy (non-hydrogen) atoms. The zero-order valence-electron chi connectivity index (χ0n) is 14.3. The Bertz CT molecular complexity index is 626. The first-order valence-electron chi connectivity index (χ1n) is 8.08. The second-order valence-corrected chi connectivity index (χ2v) is 7.29. The third kappa shape index (κ3) is 4.03. The maximum atomic E-state index is 12.5. The van der Waals surface area contributed by atoms with Crippen LogP contribution in [0.3, 0.4) is 0 Å². The number of rotatable bonds is 4. The maximum absolute atomic E-state index is 12.5. The lowest BCUT2D eigenvalue weighted by atomic mass is 9.85. The predicted molar refractivity (Wildman–Crippen MR) is 91.1 cm³/mol. The van der Waals surface area contributed by atoms with Gasteiger partial charge in [0.1, 0.15) is 11.1 Å². The Morgan fingerprint density at radius 2 is 2.04 bits per heavy atom. The summed E-state index contributed by atoms with van der Waals surface area (Å²) in [6, 6.07) is 2.51.